The van der Waals surface area contributed by atoms with Crippen LogP contribution in [0.4, 0.5) is 4.79 Å². The molecule has 0 aliphatic rings. The molecule has 0 saturated carbocycles. The Morgan fingerprint density at radius 1 is 1.35 bits per heavy atom. The summed E-state index contributed by atoms with van der Waals surface area (Å²) < 4.78 is 5.58. The van der Waals surface area contributed by atoms with Crippen molar-refractivity contribution in [2.24, 2.45) is 0 Å². The van der Waals surface area contributed by atoms with E-state index in [0.717, 1.165) is 5.75 Å². The Kier molecular flexibility index (Phi) is 5.88. The maximum absolute atomic E-state index is 11.2. The summed E-state index contributed by atoms with van der Waals surface area (Å²) in [7, 11) is 0. The fourth-order valence-corrected chi connectivity index (χ4v) is 1.24. The van der Waals surface area contributed by atoms with Crippen LogP contribution in [0.5, 0.6) is 5.75 Å². The maximum Gasteiger partial charge on any atom is 0.315 e. The highest BCUT2D eigenvalue weighted by atomic mass is 16.5. The van der Waals surface area contributed by atoms with Gasteiger partial charge in [-0.3, -0.25) is 0 Å². The van der Waals surface area contributed by atoms with Crippen LogP contribution in [0.15, 0.2) is 30.3 Å². The number of urea groups is 1. The zero-order chi connectivity index (χ0) is 12.5. The summed E-state index contributed by atoms with van der Waals surface area (Å²) in [5.41, 5.74) is 0. The van der Waals surface area contributed by atoms with Crippen LogP contribution in [-0.4, -0.2) is 36.9 Å². The topological polar surface area (TPSA) is 70.6 Å². The minimum Gasteiger partial charge on any atom is -0.489 e. The predicted molar refractivity (Wildman–Crippen MR) is 65.0 cm³/mol. The first-order chi connectivity index (χ1) is 8.22. The molecular weight excluding hydrogens is 220 g/mol. The molecule has 1 aromatic carbocycles. The van der Waals surface area contributed by atoms with Crippen LogP contribution in [0.2, 0.25) is 0 Å². The number of amides is 2. The molecule has 0 saturated heterocycles. The summed E-state index contributed by atoms with van der Waals surface area (Å²) in [6.45, 7) is 2.47. The number of rotatable bonds is 6. The van der Waals surface area contributed by atoms with Gasteiger partial charge in [-0.2, -0.15) is 0 Å². The number of aliphatic hydroxyl groups excluding tert-OH is 1. The van der Waals surface area contributed by atoms with Gasteiger partial charge in [-0.25, -0.2) is 4.79 Å². The SMILES string of the molecule is CC(CNC(=O)NCCO)Oc1ccccc1. The lowest BCUT2D eigenvalue weighted by Crippen LogP contribution is -2.41. The standard InChI is InChI=1S/C12H18N2O3/c1-10(9-14-12(16)13-7-8-15)17-11-5-3-2-4-6-11/h2-6,10,15H,7-9H2,1H3,(H2,13,14,16). The Labute approximate surface area is 101 Å². The maximum atomic E-state index is 11.2. The van der Waals surface area contributed by atoms with E-state index in [1.54, 1.807) is 0 Å². The Bertz CT molecular complexity index is 330. The minimum atomic E-state index is -0.303. The lowest BCUT2D eigenvalue weighted by atomic mass is 10.3. The summed E-state index contributed by atoms with van der Waals surface area (Å²) >= 11 is 0. The molecule has 0 aliphatic carbocycles. The number of carbonyl (C=O) groups is 1. The normalized spacial score (nSPS) is 11.6. The van der Waals surface area contributed by atoms with Gasteiger partial charge >= 0.3 is 6.03 Å². The van der Waals surface area contributed by atoms with Gasteiger partial charge in [0.25, 0.3) is 0 Å². The van der Waals surface area contributed by atoms with Crippen molar-refractivity contribution in [2.45, 2.75) is 13.0 Å². The quantitative estimate of drug-likeness (QED) is 0.684. The molecule has 0 spiro atoms. The van der Waals surface area contributed by atoms with Crippen molar-refractivity contribution in [3.63, 3.8) is 0 Å². The fraction of sp³-hybridized carbons (Fsp3) is 0.417. The second-order valence-corrected chi connectivity index (χ2v) is 3.60. The van der Waals surface area contributed by atoms with Gasteiger partial charge in [0.05, 0.1) is 13.2 Å². The van der Waals surface area contributed by atoms with Crippen molar-refractivity contribution in [3.8, 4) is 5.75 Å². The molecule has 94 valence electrons. The summed E-state index contributed by atoms with van der Waals surface area (Å²) in [6.07, 6.45) is -0.114. The van der Waals surface area contributed by atoms with Gasteiger partial charge in [0.15, 0.2) is 0 Å². The number of nitrogens with one attached hydrogen (secondary N) is 2. The minimum absolute atomic E-state index is 0.0660. The third-order valence-electron chi connectivity index (χ3n) is 2.03. The van der Waals surface area contributed by atoms with Gasteiger partial charge in [0.1, 0.15) is 11.9 Å². The summed E-state index contributed by atoms with van der Waals surface area (Å²) in [6, 6.07) is 9.12. The summed E-state index contributed by atoms with van der Waals surface area (Å²) in [5, 5.41) is 13.7. The Hall–Kier alpha value is -1.75. The second-order valence-electron chi connectivity index (χ2n) is 3.60. The van der Waals surface area contributed by atoms with Gasteiger partial charge in [-0.05, 0) is 19.1 Å². The van der Waals surface area contributed by atoms with Gasteiger partial charge in [-0.1, -0.05) is 18.2 Å². The molecule has 0 radical (unpaired) electrons. The van der Waals surface area contributed by atoms with E-state index in [0.29, 0.717) is 6.54 Å². The third kappa shape index (κ3) is 5.77. The molecular formula is C12H18N2O3. The van der Waals surface area contributed by atoms with Crippen LogP contribution in [0.3, 0.4) is 0 Å². The molecule has 5 heteroatoms. The van der Waals surface area contributed by atoms with E-state index in [2.05, 4.69) is 10.6 Å². The largest absolute Gasteiger partial charge is 0.489 e. The van der Waals surface area contributed by atoms with E-state index in [1.807, 2.05) is 37.3 Å². The van der Waals surface area contributed by atoms with E-state index < -0.39 is 0 Å². The highest BCUT2D eigenvalue weighted by molar-refractivity contribution is 5.73. The van der Waals surface area contributed by atoms with Crippen molar-refractivity contribution < 1.29 is 14.6 Å². The molecule has 0 aromatic heterocycles. The van der Waals surface area contributed by atoms with Crippen LogP contribution >= 0.6 is 0 Å². The van der Waals surface area contributed by atoms with Crippen LogP contribution in [-0.2, 0) is 0 Å². The molecule has 5 nitrogen and oxygen atoms in total. The van der Waals surface area contributed by atoms with Crippen molar-refractivity contribution in [3.05, 3.63) is 30.3 Å². The fourth-order valence-electron chi connectivity index (χ4n) is 1.24. The first-order valence-electron chi connectivity index (χ1n) is 5.56. The molecule has 0 aliphatic heterocycles. The Morgan fingerprint density at radius 2 is 2.06 bits per heavy atom. The Balaban J connectivity index is 2.21. The zero-order valence-corrected chi connectivity index (χ0v) is 9.85. The number of carbonyl (C=O) groups excluding carboxylic acids is 1. The molecule has 0 heterocycles. The van der Waals surface area contributed by atoms with E-state index in [-0.39, 0.29) is 25.3 Å². The van der Waals surface area contributed by atoms with Gasteiger partial charge in [0, 0.05) is 6.54 Å². The van der Waals surface area contributed by atoms with Crippen LogP contribution in [0.25, 0.3) is 0 Å². The highest BCUT2D eigenvalue weighted by Crippen LogP contribution is 2.10. The number of aliphatic hydroxyl groups is 1. The molecule has 1 aromatic rings. The first-order valence-corrected chi connectivity index (χ1v) is 5.56. The number of benzene rings is 1. The molecule has 1 rings (SSSR count). The molecule has 1 atom stereocenters. The number of ether oxygens (including phenoxy) is 1. The average Bonchev–Trinajstić information content (AvgIpc) is 2.35. The molecule has 0 fully saturated rings. The van der Waals surface area contributed by atoms with E-state index >= 15 is 0 Å². The third-order valence-corrected chi connectivity index (χ3v) is 2.03. The molecule has 2 amide bonds. The highest BCUT2D eigenvalue weighted by Gasteiger charge is 2.05. The molecule has 0 bridgehead atoms. The number of hydrogen-bond acceptors (Lipinski definition) is 3. The van der Waals surface area contributed by atoms with Crippen LogP contribution in [0.1, 0.15) is 6.92 Å². The van der Waals surface area contributed by atoms with Crippen molar-refractivity contribution in [1.29, 1.82) is 0 Å². The Morgan fingerprint density at radius 3 is 2.71 bits per heavy atom. The predicted octanol–water partition coefficient (Wildman–Crippen LogP) is 0.745. The zero-order valence-electron chi connectivity index (χ0n) is 9.85. The van der Waals surface area contributed by atoms with Crippen LogP contribution < -0.4 is 15.4 Å². The van der Waals surface area contributed by atoms with Gasteiger partial charge in [-0.15, -0.1) is 0 Å². The second kappa shape index (κ2) is 7.51. The summed E-state index contributed by atoms with van der Waals surface area (Å²) in [5.74, 6) is 0.776. The van der Waals surface area contributed by atoms with E-state index in [4.69, 9.17) is 9.84 Å². The van der Waals surface area contributed by atoms with Gasteiger partial charge in [0.2, 0.25) is 0 Å². The lowest BCUT2D eigenvalue weighted by molar-refractivity contribution is 0.206. The van der Waals surface area contributed by atoms with Crippen molar-refractivity contribution in [2.75, 3.05) is 19.7 Å². The molecule has 3 N–H and O–H groups in total. The van der Waals surface area contributed by atoms with Crippen molar-refractivity contribution >= 4 is 6.03 Å². The smallest absolute Gasteiger partial charge is 0.315 e. The molecule has 1 unspecified atom stereocenters. The number of hydrogen-bond donors (Lipinski definition) is 3. The van der Waals surface area contributed by atoms with Crippen molar-refractivity contribution in [1.82, 2.24) is 10.6 Å². The average molecular weight is 238 g/mol. The molecule has 17 heavy (non-hydrogen) atoms. The monoisotopic (exact) mass is 238 g/mol. The first kappa shape index (κ1) is 13.3. The summed E-state index contributed by atoms with van der Waals surface area (Å²) in [4.78, 5) is 11.2. The van der Waals surface area contributed by atoms with Crippen LogP contribution in [0, 0.1) is 0 Å². The van der Waals surface area contributed by atoms with Gasteiger partial charge < -0.3 is 20.5 Å². The lowest BCUT2D eigenvalue weighted by Gasteiger charge is -2.15. The van der Waals surface area contributed by atoms with E-state index in [1.165, 1.54) is 0 Å². The number of para-hydroxylation sites is 1. The van der Waals surface area contributed by atoms with E-state index in [9.17, 15) is 4.79 Å².